The summed E-state index contributed by atoms with van der Waals surface area (Å²) in [5.41, 5.74) is 0.669. The number of rotatable bonds is 4. The monoisotopic (exact) mass is 282 g/mol. The number of hydrogen-bond donors (Lipinski definition) is 1. The van der Waals surface area contributed by atoms with E-state index in [0.29, 0.717) is 17.9 Å². The van der Waals surface area contributed by atoms with E-state index in [4.69, 9.17) is 0 Å². The highest BCUT2D eigenvalue weighted by Gasteiger charge is 2.27. The molecule has 0 bridgehead atoms. The van der Waals surface area contributed by atoms with Crippen LogP contribution >= 0.6 is 0 Å². The Morgan fingerprint density at radius 2 is 1.65 bits per heavy atom. The molecule has 1 N–H and O–H groups in total. The minimum atomic E-state index is -0.835. The van der Waals surface area contributed by atoms with Crippen molar-refractivity contribution in [1.29, 1.82) is 0 Å². The number of benzene rings is 1. The Hall–Kier alpha value is -0.960. The molecule has 1 aliphatic carbocycles. The summed E-state index contributed by atoms with van der Waals surface area (Å²) in [6.45, 7) is 4.51. The standard InChI is InChI=1S/C17H24F2O/c1-11(2)13-4-6-14(7-5-13)17(20)10-12-3-8-15(18)16(19)9-12/h3,8-9,11,13-14,17,20H,4-7,10H2,1-2H3. The highest BCUT2D eigenvalue weighted by Crippen LogP contribution is 2.35. The van der Waals surface area contributed by atoms with Gasteiger partial charge in [0.2, 0.25) is 0 Å². The van der Waals surface area contributed by atoms with Crippen molar-refractivity contribution in [1.82, 2.24) is 0 Å². The van der Waals surface area contributed by atoms with Gasteiger partial charge in [-0.15, -0.1) is 0 Å². The van der Waals surface area contributed by atoms with Crippen LogP contribution < -0.4 is 0 Å². The lowest BCUT2D eigenvalue weighted by Gasteiger charge is -2.33. The highest BCUT2D eigenvalue weighted by atomic mass is 19.2. The first kappa shape index (κ1) is 15.4. The van der Waals surface area contributed by atoms with Crippen LogP contribution in [0.3, 0.4) is 0 Å². The first-order chi connectivity index (χ1) is 9.47. The molecule has 1 fully saturated rings. The van der Waals surface area contributed by atoms with Gasteiger partial charge in [-0.05, 0) is 67.6 Å². The Morgan fingerprint density at radius 3 is 2.20 bits per heavy atom. The molecule has 20 heavy (non-hydrogen) atoms. The van der Waals surface area contributed by atoms with Crippen LogP contribution in [-0.2, 0) is 6.42 Å². The Bertz CT molecular complexity index is 437. The van der Waals surface area contributed by atoms with E-state index in [2.05, 4.69) is 13.8 Å². The molecule has 0 aliphatic heterocycles. The predicted octanol–water partition coefficient (Wildman–Crippen LogP) is 4.33. The number of halogens is 2. The summed E-state index contributed by atoms with van der Waals surface area (Å²) in [5.74, 6) is 0.0954. The van der Waals surface area contributed by atoms with Gasteiger partial charge in [0.05, 0.1) is 6.10 Å². The molecule has 1 aromatic carbocycles. The fraction of sp³-hybridized carbons (Fsp3) is 0.647. The topological polar surface area (TPSA) is 20.2 Å². The fourth-order valence-corrected chi connectivity index (χ4v) is 3.27. The second-order valence-corrected chi connectivity index (χ2v) is 6.44. The third-order valence-corrected chi connectivity index (χ3v) is 4.73. The third kappa shape index (κ3) is 3.78. The van der Waals surface area contributed by atoms with Crippen LogP contribution in [0.5, 0.6) is 0 Å². The van der Waals surface area contributed by atoms with E-state index in [1.807, 2.05) is 0 Å². The summed E-state index contributed by atoms with van der Waals surface area (Å²) < 4.78 is 26.0. The lowest BCUT2D eigenvalue weighted by Crippen LogP contribution is -2.28. The molecule has 112 valence electrons. The van der Waals surface area contributed by atoms with Gasteiger partial charge >= 0.3 is 0 Å². The normalized spacial score (nSPS) is 24.9. The maximum absolute atomic E-state index is 13.2. The van der Waals surface area contributed by atoms with Crippen LogP contribution in [0.1, 0.15) is 45.1 Å². The van der Waals surface area contributed by atoms with E-state index in [-0.39, 0.29) is 5.92 Å². The maximum atomic E-state index is 13.2. The molecule has 1 atom stereocenters. The van der Waals surface area contributed by atoms with Gasteiger partial charge < -0.3 is 5.11 Å². The van der Waals surface area contributed by atoms with Crippen molar-refractivity contribution in [2.45, 2.75) is 52.1 Å². The van der Waals surface area contributed by atoms with Crippen LogP contribution in [0.25, 0.3) is 0 Å². The quantitative estimate of drug-likeness (QED) is 0.871. The molecule has 1 aromatic rings. The van der Waals surface area contributed by atoms with Crippen molar-refractivity contribution in [3.8, 4) is 0 Å². The van der Waals surface area contributed by atoms with Crippen LogP contribution in [0.2, 0.25) is 0 Å². The highest BCUT2D eigenvalue weighted by molar-refractivity contribution is 5.18. The molecule has 0 spiro atoms. The zero-order valence-electron chi connectivity index (χ0n) is 12.3. The van der Waals surface area contributed by atoms with Crippen molar-refractivity contribution in [2.24, 2.45) is 17.8 Å². The first-order valence-electron chi connectivity index (χ1n) is 7.59. The fourth-order valence-electron chi connectivity index (χ4n) is 3.27. The van der Waals surface area contributed by atoms with Gasteiger partial charge in [0, 0.05) is 0 Å². The molecule has 3 heteroatoms. The minimum Gasteiger partial charge on any atom is -0.392 e. The van der Waals surface area contributed by atoms with Crippen LogP contribution in [0.4, 0.5) is 8.78 Å². The summed E-state index contributed by atoms with van der Waals surface area (Å²) in [6.07, 6.45) is 4.36. The number of hydrogen-bond acceptors (Lipinski definition) is 1. The van der Waals surface area contributed by atoms with Gasteiger partial charge in [0.25, 0.3) is 0 Å². The Balaban J connectivity index is 1.89. The predicted molar refractivity (Wildman–Crippen MR) is 76.4 cm³/mol. The molecule has 0 radical (unpaired) electrons. The van der Waals surface area contributed by atoms with Crippen molar-refractivity contribution in [3.05, 3.63) is 35.4 Å². The average molecular weight is 282 g/mol. The van der Waals surface area contributed by atoms with Gasteiger partial charge in [-0.25, -0.2) is 8.78 Å². The molecule has 0 heterocycles. The molecule has 0 saturated heterocycles. The number of aliphatic hydroxyl groups excluding tert-OH is 1. The minimum absolute atomic E-state index is 0.290. The van der Waals surface area contributed by atoms with Gasteiger partial charge in [0.15, 0.2) is 11.6 Å². The van der Waals surface area contributed by atoms with E-state index in [9.17, 15) is 13.9 Å². The Labute approximate surface area is 120 Å². The van der Waals surface area contributed by atoms with Crippen LogP contribution in [-0.4, -0.2) is 11.2 Å². The molecule has 0 amide bonds. The van der Waals surface area contributed by atoms with E-state index < -0.39 is 17.7 Å². The smallest absolute Gasteiger partial charge is 0.159 e. The molecule has 1 aliphatic rings. The second-order valence-electron chi connectivity index (χ2n) is 6.44. The molecular formula is C17H24F2O. The summed E-state index contributed by atoms with van der Waals surface area (Å²) in [5, 5.41) is 10.3. The van der Waals surface area contributed by atoms with Gasteiger partial charge in [-0.2, -0.15) is 0 Å². The molecule has 1 saturated carbocycles. The van der Waals surface area contributed by atoms with E-state index in [1.165, 1.54) is 6.07 Å². The summed E-state index contributed by atoms with van der Waals surface area (Å²) in [4.78, 5) is 0. The van der Waals surface area contributed by atoms with E-state index in [1.54, 1.807) is 6.07 Å². The Morgan fingerprint density at radius 1 is 1.05 bits per heavy atom. The lowest BCUT2D eigenvalue weighted by atomic mass is 9.74. The maximum Gasteiger partial charge on any atom is 0.159 e. The average Bonchev–Trinajstić information content (AvgIpc) is 2.43. The van der Waals surface area contributed by atoms with Crippen molar-refractivity contribution in [3.63, 3.8) is 0 Å². The molecule has 2 rings (SSSR count). The first-order valence-corrected chi connectivity index (χ1v) is 7.59. The molecule has 0 aromatic heterocycles. The molecule has 1 unspecified atom stereocenters. The summed E-state index contributed by atoms with van der Waals surface area (Å²) >= 11 is 0. The van der Waals surface area contributed by atoms with Gasteiger partial charge in [-0.1, -0.05) is 19.9 Å². The molecular weight excluding hydrogens is 258 g/mol. The zero-order chi connectivity index (χ0) is 14.7. The van der Waals surface area contributed by atoms with Crippen molar-refractivity contribution in [2.75, 3.05) is 0 Å². The largest absolute Gasteiger partial charge is 0.392 e. The van der Waals surface area contributed by atoms with Crippen LogP contribution in [0, 0.1) is 29.4 Å². The van der Waals surface area contributed by atoms with Gasteiger partial charge in [0.1, 0.15) is 0 Å². The number of aliphatic hydroxyl groups is 1. The van der Waals surface area contributed by atoms with Crippen molar-refractivity contribution < 1.29 is 13.9 Å². The second kappa shape index (κ2) is 6.66. The summed E-state index contributed by atoms with van der Waals surface area (Å²) in [6, 6.07) is 3.88. The van der Waals surface area contributed by atoms with Crippen LogP contribution in [0.15, 0.2) is 18.2 Å². The lowest BCUT2D eigenvalue weighted by molar-refractivity contribution is 0.0674. The van der Waals surface area contributed by atoms with Gasteiger partial charge in [-0.3, -0.25) is 0 Å². The van der Waals surface area contributed by atoms with E-state index >= 15 is 0 Å². The molecule has 1 nitrogen and oxygen atoms in total. The summed E-state index contributed by atoms with van der Waals surface area (Å²) in [7, 11) is 0. The zero-order valence-corrected chi connectivity index (χ0v) is 12.3. The van der Waals surface area contributed by atoms with Crippen molar-refractivity contribution >= 4 is 0 Å². The van der Waals surface area contributed by atoms with E-state index in [0.717, 1.165) is 37.7 Å². The Kier molecular flexibility index (Phi) is 5.14. The SMILES string of the molecule is CC(C)C1CCC(C(O)Cc2ccc(F)c(F)c2)CC1. The third-order valence-electron chi connectivity index (χ3n) is 4.73.